The average molecular weight is 244 g/mol. The first kappa shape index (κ1) is 13.3. The zero-order chi connectivity index (χ0) is 13.1. The van der Waals surface area contributed by atoms with Crippen LogP contribution in [-0.2, 0) is 4.74 Å². The second kappa shape index (κ2) is 5.03. The summed E-state index contributed by atoms with van der Waals surface area (Å²) in [4.78, 5) is 11.3. The van der Waals surface area contributed by atoms with Crippen molar-refractivity contribution in [3.63, 3.8) is 0 Å². The van der Waals surface area contributed by atoms with Crippen molar-refractivity contribution in [2.45, 2.75) is 13.1 Å². The van der Waals surface area contributed by atoms with Gasteiger partial charge in [0.25, 0.3) is 0 Å². The van der Waals surface area contributed by atoms with Gasteiger partial charge in [0.2, 0.25) is 0 Å². The molecule has 1 aromatic rings. The Morgan fingerprint density at radius 3 is 2.12 bits per heavy atom. The van der Waals surface area contributed by atoms with Crippen molar-refractivity contribution in [3.05, 3.63) is 42.0 Å². The fourth-order valence-electron chi connectivity index (χ4n) is 1.19. The second-order valence-electron chi connectivity index (χ2n) is 3.27. The van der Waals surface area contributed by atoms with E-state index in [1.807, 2.05) is 0 Å². The Labute approximate surface area is 96.7 Å². The molecule has 0 aliphatic carbocycles. The number of hydrogen-bond donors (Lipinski definition) is 0. The van der Waals surface area contributed by atoms with Gasteiger partial charge < -0.3 is 4.74 Å². The van der Waals surface area contributed by atoms with Crippen LogP contribution in [0.4, 0.5) is 13.2 Å². The highest BCUT2D eigenvalue weighted by Gasteiger charge is 2.32. The summed E-state index contributed by atoms with van der Waals surface area (Å²) in [6.07, 6.45) is -4.47. The molecular weight excluding hydrogens is 233 g/mol. The molecule has 92 valence electrons. The van der Waals surface area contributed by atoms with E-state index in [1.165, 1.54) is 24.3 Å². The molecule has 17 heavy (non-hydrogen) atoms. The molecule has 0 saturated heterocycles. The molecular formula is C12H11F3O2. The van der Waals surface area contributed by atoms with Crippen molar-refractivity contribution < 1.29 is 22.7 Å². The molecule has 0 aliphatic heterocycles. The number of carbonyl (C=O) groups excluding carboxylic acids is 1. The maximum Gasteiger partial charge on any atom is 0.416 e. The van der Waals surface area contributed by atoms with Gasteiger partial charge in [-0.25, -0.2) is 4.79 Å². The van der Waals surface area contributed by atoms with Gasteiger partial charge >= 0.3 is 12.1 Å². The lowest BCUT2D eigenvalue weighted by Gasteiger charge is -2.10. The number of hydrogen-bond acceptors (Lipinski definition) is 2. The van der Waals surface area contributed by atoms with Crippen LogP contribution >= 0.6 is 0 Å². The van der Waals surface area contributed by atoms with Crippen LogP contribution in [0.25, 0.3) is 5.57 Å². The monoisotopic (exact) mass is 244 g/mol. The summed E-state index contributed by atoms with van der Waals surface area (Å²) in [5, 5.41) is 0. The summed E-state index contributed by atoms with van der Waals surface area (Å²) < 4.78 is 41.7. The van der Waals surface area contributed by atoms with Gasteiger partial charge in [0.15, 0.2) is 0 Å². The van der Waals surface area contributed by atoms with Gasteiger partial charge in [0, 0.05) is 0 Å². The number of carbonyl (C=O) groups is 1. The lowest BCUT2D eigenvalue weighted by atomic mass is 10.1. The fraction of sp³-hybridized carbons (Fsp3) is 0.250. The minimum atomic E-state index is -4.47. The zero-order valence-corrected chi connectivity index (χ0v) is 9.17. The summed E-state index contributed by atoms with van der Waals surface area (Å²) in [7, 11) is 0. The molecule has 0 amide bonds. The highest BCUT2D eigenvalue weighted by atomic mass is 19.4. The summed E-state index contributed by atoms with van der Waals surface area (Å²) in [5.41, 5.74) is -0.788. The standard InChI is InChI=1S/C12H11F3O2/c1-3-17-11(16)10-6-4-9(5-7-10)8(2)12(13,14)15/h4-7H,2-3H2,1H3. The lowest BCUT2D eigenvalue weighted by Crippen LogP contribution is -2.10. The molecule has 0 unspecified atom stereocenters. The van der Waals surface area contributed by atoms with Crippen LogP contribution in [0.1, 0.15) is 22.8 Å². The van der Waals surface area contributed by atoms with Crippen molar-refractivity contribution in [1.29, 1.82) is 0 Å². The molecule has 0 N–H and O–H groups in total. The Bertz CT molecular complexity index is 418. The molecule has 5 heteroatoms. The number of alkyl halides is 3. The van der Waals surface area contributed by atoms with Crippen molar-refractivity contribution in [3.8, 4) is 0 Å². The Hall–Kier alpha value is -1.78. The minimum absolute atomic E-state index is 0.0643. The molecule has 1 aromatic carbocycles. The maximum atomic E-state index is 12.3. The molecule has 2 nitrogen and oxygen atoms in total. The topological polar surface area (TPSA) is 26.3 Å². The molecule has 0 saturated carbocycles. The molecule has 1 rings (SSSR count). The van der Waals surface area contributed by atoms with Gasteiger partial charge in [0.1, 0.15) is 0 Å². The van der Waals surface area contributed by atoms with Crippen molar-refractivity contribution in [2.24, 2.45) is 0 Å². The predicted octanol–water partition coefficient (Wildman–Crippen LogP) is 3.44. The van der Waals surface area contributed by atoms with Crippen molar-refractivity contribution in [1.82, 2.24) is 0 Å². The molecule has 0 fully saturated rings. The van der Waals surface area contributed by atoms with Crippen LogP contribution in [0, 0.1) is 0 Å². The Kier molecular flexibility index (Phi) is 3.93. The highest BCUT2D eigenvalue weighted by molar-refractivity contribution is 5.89. The molecule has 0 atom stereocenters. The van der Waals surface area contributed by atoms with Crippen molar-refractivity contribution in [2.75, 3.05) is 6.61 Å². The van der Waals surface area contributed by atoms with E-state index in [2.05, 4.69) is 6.58 Å². The van der Waals surface area contributed by atoms with E-state index in [4.69, 9.17) is 4.74 Å². The molecule has 0 heterocycles. The van der Waals surface area contributed by atoms with E-state index >= 15 is 0 Å². The second-order valence-corrected chi connectivity index (χ2v) is 3.27. The van der Waals surface area contributed by atoms with Gasteiger partial charge in [-0.15, -0.1) is 0 Å². The third-order valence-electron chi connectivity index (χ3n) is 2.09. The lowest BCUT2D eigenvalue weighted by molar-refractivity contribution is -0.0686. The molecule has 0 aromatic heterocycles. The first-order valence-corrected chi connectivity index (χ1v) is 4.90. The van der Waals surface area contributed by atoms with E-state index in [1.54, 1.807) is 6.92 Å². The molecule has 0 radical (unpaired) electrons. The number of benzene rings is 1. The highest BCUT2D eigenvalue weighted by Crippen LogP contribution is 2.32. The summed E-state index contributed by atoms with van der Waals surface area (Å²) in [6, 6.07) is 4.96. The van der Waals surface area contributed by atoms with Crippen LogP contribution in [0.15, 0.2) is 30.8 Å². The normalized spacial score (nSPS) is 11.1. The molecule has 0 aliphatic rings. The first-order valence-electron chi connectivity index (χ1n) is 4.90. The average Bonchev–Trinajstić information content (AvgIpc) is 2.27. The molecule has 0 bridgehead atoms. The quantitative estimate of drug-likeness (QED) is 0.761. The van der Waals surface area contributed by atoms with Crippen LogP contribution in [-0.4, -0.2) is 18.8 Å². The number of allylic oxidation sites excluding steroid dienone is 1. The van der Waals surface area contributed by atoms with E-state index in [0.29, 0.717) is 0 Å². The van der Waals surface area contributed by atoms with E-state index in [9.17, 15) is 18.0 Å². The van der Waals surface area contributed by atoms with Crippen molar-refractivity contribution >= 4 is 11.5 Å². The van der Waals surface area contributed by atoms with Gasteiger partial charge in [0.05, 0.1) is 17.7 Å². The van der Waals surface area contributed by atoms with Crippen LogP contribution in [0.5, 0.6) is 0 Å². The van der Waals surface area contributed by atoms with Gasteiger partial charge in [-0.05, 0) is 24.6 Å². The van der Waals surface area contributed by atoms with Gasteiger partial charge in [-0.3, -0.25) is 0 Å². The van der Waals surface area contributed by atoms with Crippen LogP contribution < -0.4 is 0 Å². The fourth-order valence-corrected chi connectivity index (χ4v) is 1.19. The summed E-state index contributed by atoms with van der Waals surface area (Å²) in [6.45, 7) is 4.83. The predicted molar refractivity (Wildman–Crippen MR) is 57.5 cm³/mol. The SMILES string of the molecule is C=C(c1ccc(C(=O)OCC)cc1)C(F)(F)F. The van der Waals surface area contributed by atoms with Crippen LogP contribution in [0.3, 0.4) is 0 Å². The summed E-state index contributed by atoms with van der Waals surface area (Å²) in [5.74, 6) is -0.559. The summed E-state index contributed by atoms with van der Waals surface area (Å²) >= 11 is 0. The van der Waals surface area contributed by atoms with Gasteiger partial charge in [-0.2, -0.15) is 13.2 Å². The van der Waals surface area contributed by atoms with Gasteiger partial charge in [-0.1, -0.05) is 18.7 Å². The zero-order valence-electron chi connectivity index (χ0n) is 9.17. The minimum Gasteiger partial charge on any atom is -0.462 e. The Balaban J connectivity index is 2.89. The third kappa shape index (κ3) is 3.34. The van der Waals surface area contributed by atoms with E-state index in [0.717, 1.165) is 0 Å². The van der Waals surface area contributed by atoms with E-state index in [-0.39, 0.29) is 17.7 Å². The smallest absolute Gasteiger partial charge is 0.416 e. The van der Waals surface area contributed by atoms with Crippen LogP contribution in [0.2, 0.25) is 0 Å². The van der Waals surface area contributed by atoms with E-state index < -0.39 is 17.7 Å². The third-order valence-corrected chi connectivity index (χ3v) is 2.09. The Morgan fingerprint density at radius 1 is 1.24 bits per heavy atom. The first-order chi connectivity index (χ1) is 7.86. The Morgan fingerprint density at radius 2 is 1.71 bits per heavy atom. The number of esters is 1. The maximum absolute atomic E-state index is 12.3. The molecule has 0 spiro atoms. The largest absolute Gasteiger partial charge is 0.462 e. The number of rotatable bonds is 3. The number of ether oxygens (including phenoxy) is 1. The number of halogens is 3.